The maximum Gasteiger partial charge on any atom is 0.326 e. The fraction of sp³-hybridized carbons (Fsp3) is 0.261. The number of nitrogens with one attached hydrogen (secondary N) is 1. The van der Waals surface area contributed by atoms with Crippen LogP contribution in [0.1, 0.15) is 34.9 Å². The van der Waals surface area contributed by atoms with Crippen molar-refractivity contribution < 1.29 is 9.53 Å². The Morgan fingerprint density at radius 3 is 2.65 bits per heavy atom. The number of rotatable bonds is 5. The summed E-state index contributed by atoms with van der Waals surface area (Å²) in [6, 6.07) is 15.1. The molecule has 1 aliphatic heterocycles. The van der Waals surface area contributed by atoms with Crippen LogP contribution in [0.3, 0.4) is 0 Å². The number of amides is 1. The minimum atomic E-state index is -0.0841. The van der Waals surface area contributed by atoms with E-state index in [0.29, 0.717) is 31.0 Å². The van der Waals surface area contributed by atoms with Crippen LogP contribution in [0.2, 0.25) is 0 Å². The second-order valence-corrected chi connectivity index (χ2v) is 8.35. The lowest BCUT2D eigenvalue weighted by molar-refractivity contribution is 0.0695. The van der Waals surface area contributed by atoms with Gasteiger partial charge in [0.15, 0.2) is 0 Å². The van der Waals surface area contributed by atoms with Gasteiger partial charge in [0.1, 0.15) is 12.4 Å². The lowest BCUT2D eigenvalue weighted by atomic mass is 10.0. The van der Waals surface area contributed by atoms with Crippen LogP contribution in [0.15, 0.2) is 64.2 Å². The van der Waals surface area contributed by atoms with Gasteiger partial charge in [-0.1, -0.05) is 12.1 Å². The smallest absolute Gasteiger partial charge is 0.326 e. The highest BCUT2D eigenvalue weighted by Gasteiger charge is 2.26. The molecule has 4 aromatic rings. The molecule has 0 unspecified atom stereocenters. The molecule has 0 bridgehead atoms. The monoisotopic (exact) mass is 434 g/mol. The van der Waals surface area contributed by atoms with Gasteiger partial charge >= 0.3 is 5.69 Å². The van der Waals surface area contributed by atoms with Crippen LogP contribution in [0.5, 0.6) is 5.75 Å². The Labute approximate surface area is 182 Å². The van der Waals surface area contributed by atoms with Gasteiger partial charge in [-0.2, -0.15) is 0 Å². The number of ether oxygens (including phenoxy) is 1. The zero-order valence-electron chi connectivity index (χ0n) is 16.9. The summed E-state index contributed by atoms with van der Waals surface area (Å²) in [5, 5.41) is 1.95. The van der Waals surface area contributed by atoms with Crippen molar-refractivity contribution in [1.29, 1.82) is 0 Å². The molecule has 1 fully saturated rings. The first-order valence-electron chi connectivity index (χ1n) is 10.3. The molecular weight excluding hydrogens is 412 g/mol. The number of aromatic amines is 1. The number of para-hydroxylation sites is 2. The number of imidazole rings is 1. The lowest BCUT2D eigenvalue weighted by Crippen LogP contribution is -2.40. The minimum absolute atomic E-state index is 0.00998. The highest BCUT2D eigenvalue weighted by Crippen LogP contribution is 2.26. The number of benzene rings is 2. The number of nitrogens with zero attached hydrogens (tertiary/aromatic N) is 3. The van der Waals surface area contributed by atoms with Crippen molar-refractivity contribution in [1.82, 2.24) is 19.4 Å². The van der Waals surface area contributed by atoms with Crippen molar-refractivity contribution >= 4 is 28.3 Å². The van der Waals surface area contributed by atoms with E-state index >= 15 is 0 Å². The van der Waals surface area contributed by atoms with Crippen LogP contribution in [-0.2, 0) is 6.61 Å². The first kappa shape index (κ1) is 19.6. The molecule has 0 spiro atoms. The molecule has 0 radical (unpaired) electrons. The van der Waals surface area contributed by atoms with E-state index in [-0.39, 0.29) is 17.6 Å². The van der Waals surface area contributed by atoms with E-state index in [1.54, 1.807) is 17.6 Å². The maximum atomic E-state index is 12.9. The second-order valence-electron chi connectivity index (χ2n) is 7.63. The van der Waals surface area contributed by atoms with Gasteiger partial charge in [-0.05, 0) is 49.2 Å². The molecule has 0 aliphatic carbocycles. The molecule has 1 amide bonds. The van der Waals surface area contributed by atoms with Gasteiger partial charge in [0, 0.05) is 30.1 Å². The standard InChI is InChI=1S/C23H22N4O3S/c28-22(16-5-7-19(8-6-16)30-13-17-14-31-15-24-17)26-11-9-18(10-12-26)27-21-4-2-1-3-20(21)25-23(27)29/h1-8,14-15,18H,9-13H2,(H,25,29). The fourth-order valence-electron chi connectivity index (χ4n) is 4.11. The van der Waals surface area contributed by atoms with Crippen molar-refractivity contribution in [3.05, 3.63) is 81.2 Å². The number of carbonyl (C=O) groups is 1. The largest absolute Gasteiger partial charge is 0.487 e. The maximum absolute atomic E-state index is 12.9. The van der Waals surface area contributed by atoms with Gasteiger partial charge in [-0.3, -0.25) is 9.36 Å². The molecule has 3 heterocycles. The number of carbonyl (C=O) groups excluding carboxylic acids is 1. The Morgan fingerprint density at radius 2 is 1.90 bits per heavy atom. The number of aromatic nitrogens is 3. The van der Waals surface area contributed by atoms with Gasteiger partial charge in [0.2, 0.25) is 0 Å². The molecule has 2 aromatic heterocycles. The van der Waals surface area contributed by atoms with Crippen molar-refractivity contribution in [2.75, 3.05) is 13.1 Å². The van der Waals surface area contributed by atoms with Crippen molar-refractivity contribution in [2.24, 2.45) is 0 Å². The van der Waals surface area contributed by atoms with Gasteiger partial charge in [0.05, 0.1) is 22.2 Å². The van der Waals surface area contributed by atoms with Gasteiger partial charge < -0.3 is 14.6 Å². The number of hydrogen-bond donors (Lipinski definition) is 1. The van der Waals surface area contributed by atoms with E-state index in [2.05, 4.69) is 9.97 Å². The topological polar surface area (TPSA) is 80.2 Å². The Hall–Kier alpha value is -3.39. The number of fused-ring (bicyclic) bond motifs is 1. The summed E-state index contributed by atoms with van der Waals surface area (Å²) in [7, 11) is 0. The zero-order chi connectivity index (χ0) is 21.2. The molecule has 0 saturated carbocycles. The van der Waals surface area contributed by atoms with Crippen LogP contribution < -0.4 is 10.4 Å². The first-order valence-corrected chi connectivity index (χ1v) is 11.2. The lowest BCUT2D eigenvalue weighted by Gasteiger charge is -2.32. The molecular formula is C23H22N4O3S. The van der Waals surface area contributed by atoms with E-state index in [0.717, 1.165) is 29.6 Å². The number of hydrogen-bond acceptors (Lipinski definition) is 5. The van der Waals surface area contributed by atoms with Crippen LogP contribution in [0.4, 0.5) is 0 Å². The average Bonchev–Trinajstić information content (AvgIpc) is 3.44. The average molecular weight is 435 g/mol. The summed E-state index contributed by atoms with van der Waals surface area (Å²) in [5.41, 5.74) is 5.00. The summed E-state index contributed by atoms with van der Waals surface area (Å²) in [6.07, 6.45) is 1.50. The van der Waals surface area contributed by atoms with Crippen LogP contribution >= 0.6 is 11.3 Å². The summed E-state index contributed by atoms with van der Waals surface area (Å²) in [4.78, 5) is 34.4. The van der Waals surface area contributed by atoms with E-state index in [1.807, 2.05) is 51.2 Å². The SMILES string of the molecule is O=C(c1ccc(OCc2cscn2)cc1)N1CCC(n2c(=O)[nH]c3ccccc32)CC1. The Bertz CT molecular complexity index is 1240. The summed E-state index contributed by atoms with van der Waals surface area (Å²) in [6.45, 7) is 1.66. The summed E-state index contributed by atoms with van der Waals surface area (Å²) in [5.74, 6) is 0.720. The number of H-pyrrole nitrogens is 1. The number of piperidine rings is 1. The highest BCUT2D eigenvalue weighted by molar-refractivity contribution is 7.07. The Balaban J connectivity index is 1.21. The third kappa shape index (κ3) is 3.98. The molecule has 5 rings (SSSR count). The highest BCUT2D eigenvalue weighted by atomic mass is 32.1. The molecule has 2 aromatic carbocycles. The minimum Gasteiger partial charge on any atom is -0.487 e. The molecule has 1 aliphatic rings. The normalized spacial score (nSPS) is 14.8. The first-order chi connectivity index (χ1) is 15.2. The fourth-order valence-corrected chi connectivity index (χ4v) is 4.65. The van der Waals surface area contributed by atoms with E-state index in [4.69, 9.17) is 4.74 Å². The Morgan fingerprint density at radius 1 is 1.13 bits per heavy atom. The molecule has 0 atom stereocenters. The van der Waals surface area contributed by atoms with Crippen LogP contribution in [0.25, 0.3) is 11.0 Å². The van der Waals surface area contributed by atoms with E-state index in [1.165, 1.54) is 11.3 Å². The molecule has 8 heteroatoms. The quantitative estimate of drug-likeness (QED) is 0.518. The van der Waals surface area contributed by atoms with Gasteiger partial charge in [0.25, 0.3) is 5.91 Å². The molecule has 1 saturated heterocycles. The van der Waals surface area contributed by atoms with Gasteiger partial charge in [-0.25, -0.2) is 9.78 Å². The third-order valence-corrected chi connectivity index (χ3v) is 6.35. The van der Waals surface area contributed by atoms with Crippen molar-refractivity contribution in [3.63, 3.8) is 0 Å². The number of likely N-dealkylation sites (tertiary alicyclic amines) is 1. The zero-order valence-corrected chi connectivity index (χ0v) is 17.7. The molecule has 7 nitrogen and oxygen atoms in total. The Kier molecular flexibility index (Phi) is 5.30. The van der Waals surface area contributed by atoms with E-state index < -0.39 is 0 Å². The summed E-state index contributed by atoms with van der Waals surface area (Å²) < 4.78 is 7.56. The second kappa shape index (κ2) is 8.39. The van der Waals surface area contributed by atoms with Crippen molar-refractivity contribution in [2.45, 2.75) is 25.5 Å². The van der Waals surface area contributed by atoms with Crippen LogP contribution in [-0.4, -0.2) is 38.4 Å². The predicted molar refractivity (Wildman–Crippen MR) is 120 cm³/mol. The van der Waals surface area contributed by atoms with Crippen molar-refractivity contribution in [3.8, 4) is 5.75 Å². The van der Waals surface area contributed by atoms with Crippen LogP contribution in [0, 0.1) is 0 Å². The van der Waals surface area contributed by atoms with E-state index in [9.17, 15) is 9.59 Å². The molecule has 158 valence electrons. The molecule has 1 N–H and O–H groups in total. The number of thiazole rings is 1. The predicted octanol–water partition coefficient (Wildman–Crippen LogP) is 3.84. The van der Waals surface area contributed by atoms with Gasteiger partial charge in [-0.15, -0.1) is 11.3 Å². The molecule has 31 heavy (non-hydrogen) atoms. The summed E-state index contributed by atoms with van der Waals surface area (Å²) >= 11 is 1.54. The third-order valence-electron chi connectivity index (χ3n) is 5.71.